The molecule has 1 saturated heterocycles. The molecule has 1 aliphatic rings. The molecule has 5 nitrogen and oxygen atoms in total. The third kappa shape index (κ3) is 2.70. The van der Waals surface area contributed by atoms with Gasteiger partial charge in [0.05, 0.1) is 12.7 Å². The number of amides is 1. The first-order valence-electron chi connectivity index (χ1n) is 5.60. The molecule has 1 aliphatic heterocycles. The second-order valence-corrected chi connectivity index (χ2v) is 5.94. The smallest absolute Gasteiger partial charge is 0.413 e. The molecule has 1 heterocycles. The summed E-state index contributed by atoms with van der Waals surface area (Å²) in [5, 5.41) is 9.20. The van der Waals surface area contributed by atoms with E-state index in [-0.39, 0.29) is 6.61 Å². The minimum atomic E-state index is -0.980. The van der Waals surface area contributed by atoms with Crippen molar-refractivity contribution in [2.45, 2.75) is 58.4 Å². The molecule has 1 rings (SSSR count). The van der Waals surface area contributed by atoms with Crippen LogP contribution in [0, 0.1) is 11.3 Å². The van der Waals surface area contributed by atoms with Crippen LogP contribution in [0.4, 0.5) is 4.79 Å². The highest BCUT2D eigenvalue weighted by Gasteiger charge is 2.53. The number of rotatable bonds is 0. The van der Waals surface area contributed by atoms with Gasteiger partial charge in [-0.25, -0.2) is 4.79 Å². The molecule has 0 aromatic heterocycles. The molecule has 0 unspecified atom stereocenters. The lowest BCUT2D eigenvalue weighted by atomic mass is 10.0. The number of hydrogen-bond donors (Lipinski definition) is 0. The normalized spacial score (nSPS) is 27.7. The van der Waals surface area contributed by atoms with Crippen LogP contribution in [0.5, 0.6) is 0 Å². The second-order valence-electron chi connectivity index (χ2n) is 5.94. The molecular formula is C12H20N2O3. The zero-order valence-electron chi connectivity index (χ0n) is 11.3. The van der Waals surface area contributed by atoms with Crippen LogP contribution >= 0.6 is 0 Å². The molecule has 0 bridgehead atoms. The van der Waals surface area contributed by atoms with E-state index in [4.69, 9.17) is 9.47 Å². The molecule has 1 fully saturated rings. The van der Waals surface area contributed by atoms with Crippen molar-refractivity contribution in [3.05, 3.63) is 0 Å². The second kappa shape index (κ2) is 3.88. The Labute approximate surface area is 102 Å². The van der Waals surface area contributed by atoms with Crippen molar-refractivity contribution < 1.29 is 14.3 Å². The van der Waals surface area contributed by atoms with Crippen molar-refractivity contribution in [1.82, 2.24) is 4.90 Å². The fraction of sp³-hybridized carbons (Fsp3) is 0.833. The number of nitriles is 1. The van der Waals surface area contributed by atoms with E-state index in [2.05, 4.69) is 6.07 Å². The van der Waals surface area contributed by atoms with Gasteiger partial charge in [-0.2, -0.15) is 5.26 Å². The largest absolute Gasteiger partial charge is 0.444 e. The lowest BCUT2D eigenvalue weighted by Crippen LogP contribution is -2.54. The topological polar surface area (TPSA) is 62.6 Å². The van der Waals surface area contributed by atoms with Crippen molar-refractivity contribution in [3.8, 4) is 6.07 Å². The molecule has 0 N–H and O–H groups in total. The number of carbonyl (C=O) groups excluding carboxylic acids is 1. The Kier molecular flexibility index (Phi) is 3.15. The molecule has 0 aromatic rings. The SMILES string of the molecule is CC(C)(C)OC(=O)N1C(C)(C)OC[C@@]1(C)C#N. The summed E-state index contributed by atoms with van der Waals surface area (Å²) in [6, 6.07) is 2.11. The monoisotopic (exact) mass is 240 g/mol. The van der Waals surface area contributed by atoms with Gasteiger partial charge in [-0.05, 0) is 41.5 Å². The predicted octanol–water partition coefficient (Wildman–Crippen LogP) is 2.27. The molecule has 17 heavy (non-hydrogen) atoms. The highest BCUT2D eigenvalue weighted by atomic mass is 16.6. The molecule has 1 amide bonds. The average molecular weight is 240 g/mol. The average Bonchev–Trinajstić information content (AvgIpc) is 2.35. The van der Waals surface area contributed by atoms with Gasteiger partial charge >= 0.3 is 6.09 Å². The first-order chi connectivity index (χ1) is 7.52. The van der Waals surface area contributed by atoms with Crippen LogP contribution in [0.2, 0.25) is 0 Å². The van der Waals surface area contributed by atoms with Crippen LogP contribution in [0.15, 0.2) is 0 Å². The van der Waals surface area contributed by atoms with E-state index in [9.17, 15) is 10.1 Å². The Bertz CT molecular complexity index is 365. The first-order valence-corrected chi connectivity index (χ1v) is 5.60. The van der Waals surface area contributed by atoms with Gasteiger partial charge in [-0.15, -0.1) is 0 Å². The summed E-state index contributed by atoms with van der Waals surface area (Å²) in [5.74, 6) is 0. The summed E-state index contributed by atoms with van der Waals surface area (Å²) in [7, 11) is 0. The summed E-state index contributed by atoms with van der Waals surface area (Å²) >= 11 is 0. The van der Waals surface area contributed by atoms with Crippen molar-refractivity contribution in [1.29, 1.82) is 5.26 Å². The van der Waals surface area contributed by atoms with E-state index in [0.29, 0.717) is 0 Å². The van der Waals surface area contributed by atoms with E-state index < -0.39 is 23.0 Å². The van der Waals surface area contributed by atoms with Crippen molar-refractivity contribution in [3.63, 3.8) is 0 Å². The highest BCUT2D eigenvalue weighted by molar-refractivity contribution is 5.71. The molecule has 5 heteroatoms. The summed E-state index contributed by atoms with van der Waals surface area (Å²) in [6.45, 7) is 10.7. The van der Waals surface area contributed by atoms with Crippen LogP contribution in [0.1, 0.15) is 41.5 Å². The van der Waals surface area contributed by atoms with Gasteiger partial charge in [0.15, 0.2) is 5.54 Å². The van der Waals surface area contributed by atoms with Crippen LogP contribution in [-0.4, -0.2) is 34.5 Å². The molecule has 0 spiro atoms. The van der Waals surface area contributed by atoms with Crippen LogP contribution in [-0.2, 0) is 9.47 Å². The number of carbonyl (C=O) groups is 1. The van der Waals surface area contributed by atoms with E-state index in [0.717, 1.165) is 0 Å². The lowest BCUT2D eigenvalue weighted by molar-refractivity contribution is -0.0648. The number of ether oxygens (including phenoxy) is 2. The van der Waals surface area contributed by atoms with Crippen molar-refractivity contribution in [2.24, 2.45) is 0 Å². The quantitative estimate of drug-likeness (QED) is 0.651. The van der Waals surface area contributed by atoms with Crippen molar-refractivity contribution in [2.75, 3.05) is 6.61 Å². The Morgan fingerprint density at radius 3 is 2.35 bits per heavy atom. The molecule has 0 radical (unpaired) electrons. The number of hydrogen-bond acceptors (Lipinski definition) is 4. The molecule has 0 saturated carbocycles. The van der Waals surface area contributed by atoms with Crippen LogP contribution in [0.25, 0.3) is 0 Å². The van der Waals surface area contributed by atoms with E-state index >= 15 is 0 Å². The fourth-order valence-corrected chi connectivity index (χ4v) is 1.85. The third-order valence-electron chi connectivity index (χ3n) is 2.56. The van der Waals surface area contributed by atoms with Crippen LogP contribution in [0.3, 0.4) is 0 Å². The van der Waals surface area contributed by atoms with Gasteiger partial charge < -0.3 is 9.47 Å². The molecular weight excluding hydrogens is 220 g/mol. The van der Waals surface area contributed by atoms with Gasteiger partial charge in [0.1, 0.15) is 11.3 Å². The minimum absolute atomic E-state index is 0.190. The number of nitrogens with zero attached hydrogens (tertiary/aromatic N) is 2. The van der Waals surface area contributed by atoms with Gasteiger partial charge in [0.25, 0.3) is 0 Å². The highest BCUT2D eigenvalue weighted by Crippen LogP contribution is 2.35. The summed E-state index contributed by atoms with van der Waals surface area (Å²) in [4.78, 5) is 13.5. The van der Waals surface area contributed by atoms with Gasteiger partial charge in [0.2, 0.25) is 0 Å². The summed E-state index contributed by atoms with van der Waals surface area (Å²) < 4.78 is 10.8. The van der Waals surface area contributed by atoms with E-state index in [1.807, 2.05) is 0 Å². The Hall–Kier alpha value is -1.28. The fourth-order valence-electron chi connectivity index (χ4n) is 1.85. The predicted molar refractivity (Wildman–Crippen MR) is 62.1 cm³/mol. The summed E-state index contributed by atoms with van der Waals surface area (Å²) in [6.07, 6.45) is -0.524. The maximum Gasteiger partial charge on any atom is 0.413 e. The first kappa shape index (κ1) is 13.8. The van der Waals surface area contributed by atoms with Gasteiger partial charge in [-0.1, -0.05) is 0 Å². The summed E-state index contributed by atoms with van der Waals surface area (Å²) in [5.41, 5.74) is -2.40. The molecule has 96 valence electrons. The maximum absolute atomic E-state index is 12.1. The Balaban J connectivity index is 3.00. The van der Waals surface area contributed by atoms with E-state index in [1.54, 1.807) is 41.5 Å². The zero-order valence-corrected chi connectivity index (χ0v) is 11.3. The van der Waals surface area contributed by atoms with Crippen LogP contribution < -0.4 is 0 Å². The lowest BCUT2D eigenvalue weighted by Gasteiger charge is -2.36. The molecule has 0 aromatic carbocycles. The molecule has 0 aliphatic carbocycles. The van der Waals surface area contributed by atoms with Gasteiger partial charge in [0, 0.05) is 0 Å². The third-order valence-corrected chi connectivity index (χ3v) is 2.56. The zero-order chi connectivity index (χ0) is 13.5. The minimum Gasteiger partial charge on any atom is -0.444 e. The maximum atomic E-state index is 12.1. The standard InChI is InChI=1S/C12H20N2O3/c1-10(2,3)17-9(15)14-11(4,5)16-8-12(14,6)7-13/h8H2,1-6H3/t12-/m1/s1. The Morgan fingerprint density at radius 1 is 1.41 bits per heavy atom. The Morgan fingerprint density at radius 2 is 1.94 bits per heavy atom. The van der Waals surface area contributed by atoms with E-state index in [1.165, 1.54) is 4.90 Å². The van der Waals surface area contributed by atoms with Gasteiger partial charge in [-0.3, -0.25) is 4.90 Å². The molecule has 1 atom stereocenters. The van der Waals surface area contributed by atoms with Crippen molar-refractivity contribution >= 4 is 6.09 Å².